The molecule has 0 aromatic heterocycles. The number of unbranched alkanes of at least 4 members (excludes halogenated alkanes) is 2. The molecule has 0 heterocycles. The highest BCUT2D eigenvalue weighted by Crippen LogP contribution is 1.91. The summed E-state index contributed by atoms with van der Waals surface area (Å²) in [6, 6.07) is 0. The maximum absolute atomic E-state index is 10.8. The molecule has 0 aliphatic rings. The van der Waals surface area contributed by atoms with E-state index in [1.165, 1.54) is 4.72 Å². The molecule has 0 aromatic carbocycles. The third kappa shape index (κ3) is 7.54. The summed E-state index contributed by atoms with van der Waals surface area (Å²) in [7, 11) is -3.86. The molecule has 13 heavy (non-hydrogen) atoms. The predicted molar refractivity (Wildman–Crippen MR) is 47.6 cm³/mol. The van der Waals surface area contributed by atoms with Crippen LogP contribution in [0.1, 0.15) is 26.2 Å². The van der Waals surface area contributed by atoms with Gasteiger partial charge < -0.3 is 5.11 Å². The van der Waals surface area contributed by atoms with Gasteiger partial charge in [-0.25, -0.2) is 9.52 Å². The van der Waals surface area contributed by atoms with E-state index in [1.807, 2.05) is 6.92 Å². The highest BCUT2D eigenvalue weighted by Gasteiger charge is 2.10. The Labute approximate surface area is 77.5 Å². The second-order valence-electron chi connectivity index (χ2n) is 2.51. The molecule has 78 valence electrons. The number of carbonyl (C=O) groups is 1. The van der Waals surface area contributed by atoms with E-state index >= 15 is 0 Å². The third-order valence-corrected chi connectivity index (χ3v) is 2.32. The third-order valence-electron chi connectivity index (χ3n) is 1.29. The number of rotatable bonds is 6. The zero-order valence-corrected chi connectivity index (χ0v) is 8.23. The summed E-state index contributed by atoms with van der Waals surface area (Å²) < 4.78 is 25.1. The van der Waals surface area contributed by atoms with Crippen LogP contribution >= 0.6 is 0 Å². The van der Waals surface area contributed by atoms with Gasteiger partial charge >= 0.3 is 16.3 Å². The van der Waals surface area contributed by atoms with Crippen LogP contribution in [0.25, 0.3) is 0 Å². The Hall–Kier alpha value is -0.820. The monoisotopic (exact) mass is 210 g/mol. The van der Waals surface area contributed by atoms with E-state index in [0.717, 1.165) is 12.8 Å². The van der Waals surface area contributed by atoms with Crippen molar-refractivity contribution >= 4 is 16.3 Å². The van der Waals surface area contributed by atoms with Gasteiger partial charge in [-0.3, -0.25) is 0 Å². The minimum atomic E-state index is -3.86. The van der Waals surface area contributed by atoms with Gasteiger partial charge in [-0.1, -0.05) is 19.8 Å². The van der Waals surface area contributed by atoms with Crippen molar-refractivity contribution in [2.45, 2.75) is 26.2 Å². The maximum atomic E-state index is 10.8. The number of amides is 1. The van der Waals surface area contributed by atoms with Gasteiger partial charge in [0.1, 0.15) is 0 Å². The van der Waals surface area contributed by atoms with Gasteiger partial charge in [-0.15, -0.1) is 0 Å². The van der Waals surface area contributed by atoms with Crippen LogP contribution in [0.2, 0.25) is 0 Å². The lowest BCUT2D eigenvalue weighted by Gasteiger charge is -2.04. The number of carboxylic acid groups (broad SMARTS) is 1. The lowest BCUT2D eigenvalue weighted by Crippen LogP contribution is -2.39. The Morgan fingerprint density at radius 3 is 2.46 bits per heavy atom. The van der Waals surface area contributed by atoms with Gasteiger partial charge in [-0.05, 0) is 6.42 Å². The van der Waals surface area contributed by atoms with Gasteiger partial charge in [0.25, 0.3) is 0 Å². The molecule has 0 radical (unpaired) electrons. The van der Waals surface area contributed by atoms with Crippen LogP contribution in [0, 0.1) is 0 Å². The Bertz CT molecular complexity index is 249. The van der Waals surface area contributed by atoms with Gasteiger partial charge in [-0.2, -0.15) is 13.1 Å². The SMILES string of the molecule is CCCCCNS(=O)(=O)NC(=O)O. The fourth-order valence-electron chi connectivity index (χ4n) is 0.733. The molecule has 0 aromatic rings. The number of hydrogen-bond acceptors (Lipinski definition) is 3. The van der Waals surface area contributed by atoms with Gasteiger partial charge in [0.2, 0.25) is 0 Å². The summed E-state index contributed by atoms with van der Waals surface area (Å²) in [6.07, 6.45) is 1.02. The van der Waals surface area contributed by atoms with Gasteiger partial charge in [0.15, 0.2) is 0 Å². The first-order valence-electron chi connectivity index (χ1n) is 3.98. The zero-order chi connectivity index (χ0) is 10.3. The van der Waals surface area contributed by atoms with Crippen LogP contribution in [0.5, 0.6) is 0 Å². The molecule has 3 N–H and O–H groups in total. The average Bonchev–Trinajstić information content (AvgIpc) is 1.95. The lowest BCUT2D eigenvalue weighted by atomic mass is 10.3. The van der Waals surface area contributed by atoms with E-state index in [4.69, 9.17) is 5.11 Å². The van der Waals surface area contributed by atoms with E-state index in [2.05, 4.69) is 4.72 Å². The summed E-state index contributed by atoms with van der Waals surface area (Å²) in [5.74, 6) is 0. The molecule has 0 saturated heterocycles. The van der Waals surface area contributed by atoms with Crippen LogP contribution in [-0.4, -0.2) is 26.2 Å². The molecule has 0 aliphatic heterocycles. The van der Waals surface area contributed by atoms with Gasteiger partial charge in [0, 0.05) is 6.54 Å². The summed E-state index contributed by atoms with van der Waals surface area (Å²) in [6.45, 7) is 2.25. The molecular weight excluding hydrogens is 196 g/mol. The Kier molecular flexibility index (Phi) is 5.40. The van der Waals surface area contributed by atoms with Crippen molar-refractivity contribution in [3.8, 4) is 0 Å². The highest BCUT2D eigenvalue weighted by atomic mass is 32.2. The molecule has 7 heteroatoms. The first kappa shape index (κ1) is 12.2. The Balaban J connectivity index is 3.71. The molecule has 1 amide bonds. The molecule has 0 fully saturated rings. The average molecular weight is 210 g/mol. The lowest BCUT2D eigenvalue weighted by molar-refractivity contribution is 0.201. The Morgan fingerprint density at radius 1 is 1.38 bits per heavy atom. The Morgan fingerprint density at radius 2 is 2.00 bits per heavy atom. The molecule has 0 rings (SSSR count). The first-order valence-corrected chi connectivity index (χ1v) is 5.46. The van der Waals surface area contributed by atoms with E-state index in [1.54, 1.807) is 0 Å². The van der Waals surface area contributed by atoms with E-state index < -0.39 is 16.3 Å². The second kappa shape index (κ2) is 5.76. The van der Waals surface area contributed by atoms with Crippen molar-refractivity contribution in [3.05, 3.63) is 0 Å². The molecule has 0 bridgehead atoms. The van der Waals surface area contributed by atoms with Crippen molar-refractivity contribution in [2.24, 2.45) is 0 Å². The minimum Gasteiger partial charge on any atom is -0.464 e. The molecule has 0 spiro atoms. The molecule has 0 aliphatic carbocycles. The fourth-order valence-corrected chi connectivity index (χ4v) is 1.45. The topological polar surface area (TPSA) is 95.5 Å². The molecular formula is C6H14N2O4S. The van der Waals surface area contributed by atoms with Crippen LogP contribution in [0.15, 0.2) is 0 Å². The van der Waals surface area contributed by atoms with E-state index in [-0.39, 0.29) is 6.54 Å². The van der Waals surface area contributed by atoms with Crippen molar-refractivity contribution in [2.75, 3.05) is 6.54 Å². The van der Waals surface area contributed by atoms with Crippen molar-refractivity contribution in [1.29, 1.82) is 0 Å². The summed E-state index contributed by atoms with van der Waals surface area (Å²) in [5.41, 5.74) is 0. The van der Waals surface area contributed by atoms with Crippen molar-refractivity contribution in [3.63, 3.8) is 0 Å². The summed E-state index contributed by atoms with van der Waals surface area (Å²) in [4.78, 5) is 9.97. The van der Waals surface area contributed by atoms with E-state index in [0.29, 0.717) is 6.42 Å². The second-order valence-corrected chi connectivity index (χ2v) is 4.01. The zero-order valence-electron chi connectivity index (χ0n) is 7.41. The number of nitrogens with one attached hydrogen (secondary N) is 2. The fraction of sp³-hybridized carbons (Fsp3) is 0.833. The molecule has 6 nitrogen and oxygen atoms in total. The highest BCUT2D eigenvalue weighted by molar-refractivity contribution is 7.88. The van der Waals surface area contributed by atoms with Crippen LogP contribution in [-0.2, 0) is 10.2 Å². The van der Waals surface area contributed by atoms with Gasteiger partial charge in [0.05, 0.1) is 0 Å². The molecule has 0 saturated carbocycles. The standard InChI is InChI=1S/C6H14N2O4S/c1-2-3-4-5-7-13(11,12)8-6(9)10/h7-8H,2-5H2,1H3,(H,9,10). The minimum absolute atomic E-state index is 0.260. The quantitative estimate of drug-likeness (QED) is 0.549. The summed E-state index contributed by atoms with van der Waals surface area (Å²) in [5, 5.41) is 8.12. The van der Waals surface area contributed by atoms with Crippen molar-refractivity contribution in [1.82, 2.24) is 9.44 Å². The molecule has 0 unspecified atom stereocenters. The van der Waals surface area contributed by atoms with E-state index in [9.17, 15) is 13.2 Å². The normalized spacial score (nSPS) is 11.2. The first-order chi connectivity index (χ1) is 5.98. The van der Waals surface area contributed by atoms with Crippen LogP contribution in [0.3, 0.4) is 0 Å². The largest absolute Gasteiger partial charge is 0.464 e. The molecule has 0 atom stereocenters. The van der Waals surface area contributed by atoms with Crippen LogP contribution < -0.4 is 9.44 Å². The predicted octanol–water partition coefficient (Wildman–Crippen LogP) is 0.279. The van der Waals surface area contributed by atoms with Crippen LogP contribution in [0.4, 0.5) is 4.79 Å². The summed E-state index contributed by atoms with van der Waals surface area (Å²) >= 11 is 0. The smallest absolute Gasteiger partial charge is 0.419 e. The van der Waals surface area contributed by atoms with Crippen molar-refractivity contribution < 1.29 is 18.3 Å². The number of hydrogen-bond donors (Lipinski definition) is 3. The maximum Gasteiger partial charge on any atom is 0.419 e.